The summed E-state index contributed by atoms with van der Waals surface area (Å²) in [5.41, 5.74) is 6.99. The third-order valence-electron chi connectivity index (χ3n) is 3.61. The molecule has 5 heteroatoms. The average Bonchev–Trinajstić information content (AvgIpc) is 2.96. The molecule has 2 aromatic rings. The van der Waals surface area contributed by atoms with E-state index in [2.05, 4.69) is 4.98 Å². The lowest BCUT2D eigenvalue weighted by molar-refractivity contribution is 0.0751. The molecule has 2 unspecified atom stereocenters. The Kier molecular flexibility index (Phi) is 2.70. The Morgan fingerprint density at radius 3 is 3.11 bits per heavy atom. The summed E-state index contributed by atoms with van der Waals surface area (Å²) < 4.78 is 21.2. The molecule has 4 nitrogen and oxygen atoms in total. The van der Waals surface area contributed by atoms with Gasteiger partial charge in [-0.1, -0.05) is 6.07 Å². The topological polar surface area (TPSA) is 53.1 Å². The lowest BCUT2D eigenvalue weighted by atomic mass is 10.1. The van der Waals surface area contributed by atoms with Gasteiger partial charge in [0.2, 0.25) is 5.95 Å². The monoisotopic (exact) mass is 249 g/mol. The van der Waals surface area contributed by atoms with Crippen LogP contribution in [0.15, 0.2) is 18.2 Å². The maximum Gasteiger partial charge on any atom is 0.201 e. The number of hydrogen-bond acceptors (Lipinski definition) is 3. The van der Waals surface area contributed by atoms with Gasteiger partial charge in [0.05, 0.1) is 17.7 Å². The average molecular weight is 249 g/mol. The molecule has 3 rings (SSSR count). The van der Waals surface area contributed by atoms with E-state index in [9.17, 15) is 4.39 Å². The standard InChI is InChI=1S/C13H16FN3O/c1-8(11-6-3-7-18-11)17-10-5-2-4-9(14)12(10)16-13(17)15/h2,4-5,8,11H,3,6-7H2,1H3,(H2,15,16). The van der Waals surface area contributed by atoms with E-state index in [4.69, 9.17) is 10.5 Å². The Labute approximate surface area is 105 Å². The third kappa shape index (κ3) is 1.66. The number of hydrogen-bond donors (Lipinski definition) is 1. The van der Waals surface area contributed by atoms with Gasteiger partial charge in [0.25, 0.3) is 0 Å². The molecule has 18 heavy (non-hydrogen) atoms. The highest BCUT2D eigenvalue weighted by atomic mass is 19.1. The molecule has 1 aliphatic rings. The van der Waals surface area contributed by atoms with Crippen LogP contribution in [-0.2, 0) is 4.74 Å². The molecule has 1 fully saturated rings. The highest BCUT2D eigenvalue weighted by Crippen LogP contribution is 2.30. The number of anilines is 1. The van der Waals surface area contributed by atoms with Gasteiger partial charge in [-0.3, -0.25) is 0 Å². The number of fused-ring (bicyclic) bond motifs is 1. The first-order valence-electron chi connectivity index (χ1n) is 6.22. The molecule has 0 aliphatic carbocycles. The minimum atomic E-state index is -0.336. The Hall–Kier alpha value is -1.62. The molecule has 0 radical (unpaired) electrons. The van der Waals surface area contributed by atoms with Crippen molar-refractivity contribution >= 4 is 17.0 Å². The highest BCUT2D eigenvalue weighted by Gasteiger charge is 2.26. The molecular formula is C13H16FN3O. The highest BCUT2D eigenvalue weighted by molar-refractivity contribution is 5.79. The van der Waals surface area contributed by atoms with Gasteiger partial charge in [0, 0.05) is 6.61 Å². The first kappa shape index (κ1) is 11.5. The van der Waals surface area contributed by atoms with Gasteiger partial charge in [-0.2, -0.15) is 0 Å². The van der Waals surface area contributed by atoms with Crippen LogP contribution in [0, 0.1) is 5.82 Å². The molecule has 2 N–H and O–H groups in total. The second-order valence-electron chi connectivity index (χ2n) is 4.74. The Bertz CT molecular complexity index is 575. The third-order valence-corrected chi connectivity index (χ3v) is 3.61. The van der Waals surface area contributed by atoms with E-state index in [0.717, 1.165) is 25.0 Å². The van der Waals surface area contributed by atoms with Gasteiger partial charge < -0.3 is 15.0 Å². The number of nitrogen functional groups attached to an aromatic ring is 1. The van der Waals surface area contributed by atoms with Gasteiger partial charge >= 0.3 is 0 Å². The quantitative estimate of drug-likeness (QED) is 0.889. The normalized spacial score (nSPS) is 21.6. The zero-order valence-electron chi connectivity index (χ0n) is 10.3. The molecule has 0 spiro atoms. The van der Waals surface area contributed by atoms with Crippen LogP contribution in [-0.4, -0.2) is 22.3 Å². The van der Waals surface area contributed by atoms with E-state index < -0.39 is 0 Å². The van der Waals surface area contributed by atoms with E-state index >= 15 is 0 Å². The number of ether oxygens (including phenoxy) is 1. The Balaban J connectivity index is 2.10. The van der Waals surface area contributed by atoms with Crippen LogP contribution in [0.5, 0.6) is 0 Å². The summed E-state index contributed by atoms with van der Waals surface area (Å²) in [6.07, 6.45) is 2.21. The fraction of sp³-hybridized carbons (Fsp3) is 0.462. The summed E-state index contributed by atoms with van der Waals surface area (Å²) in [6, 6.07) is 4.99. The van der Waals surface area contributed by atoms with Crippen molar-refractivity contribution < 1.29 is 9.13 Å². The van der Waals surface area contributed by atoms with Gasteiger partial charge in [-0.05, 0) is 31.9 Å². The van der Waals surface area contributed by atoms with Crippen LogP contribution in [0.2, 0.25) is 0 Å². The van der Waals surface area contributed by atoms with Crippen molar-refractivity contribution in [2.24, 2.45) is 0 Å². The lowest BCUT2D eigenvalue weighted by Crippen LogP contribution is -2.22. The van der Waals surface area contributed by atoms with Crippen molar-refractivity contribution in [1.82, 2.24) is 9.55 Å². The summed E-state index contributed by atoms with van der Waals surface area (Å²) in [6.45, 7) is 2.83. The molecule has 0 saturated carbocycles. The molecule has 2 atom stereocenters. The van der Waals surface area contributed by atoms with Gasteiger partial charge in [-0.25, -0.2) is 9.37 Å². The van der Waals surface area contributed by atoms with Crippen molar-refractivity contribution in [3.8, 4) is 0 Å². The number of rotatable bonds is 2. The number of imidazole rings is 1. The van der Waals surface area contributed by atoms with E-state index in [0.29, 0.717) is 11.5 Å². The SMILES string of the molecule is CC(C1CCCO1)n1c(N)nc2c(F)cccc21. The molecule has 96 valence electrons. The second-order valence-corrected chi connectivity index (χ2v) is 4.74. The van der Waals surface area contributed by atoms with Crippen LogP contribution in [0.1, 0.15) is 25.8 Å². The fourth-order valence-electron chi connectivity index (χ4n) is 2.68. The molecule has 1 aliphatic heterocycles. The number of nitrogens with zero attached hydrogens (tertiary/aromatic N) is 2. The maximum atomic E-state index is 13.7. The van der Waals surface area contributed by atoms with Crippen molar-refractivity contribution in [3.63, 3.8) is 0 Å². The lowest BCUT2D eigenvalue weighted by Gasteiger charge is -2.21. The molecular weight excluding hydrogens is 233 g/mol. The molecule has 1 saturated heterocycles. The number of benzene rings is 1. The van der Waals surface area contributed by atoms with E-state index in [-0.39, 0.29) is 18.0 Å². The first-order chi connectivity index (χ1) is 8.68. The number of para-hydroxylation sites is 1. The van der Waals surface area contributed by atoms with E-state index in [1.807, 2.05) is 17.6 Å². The minimum absolute atomic E-state index is 0.0688. The molecule has 0 amide bonds. The van der Waals surface area contributed by atoms with Crippen molar-refractivity contribution in [2.75, 3.05) is 12.3 Å². The summed E-state index contributed by atoms with van der Waals surface area (Å²) in [7, 11) is 0. The van der Waals surface area contributed by atoms with Crippen molar-refractivity contribution in [1.29, 1.82) is 0 Å². The van der Waals surface area contributed by atoms with Crippen LogP contribution in [0.4, 0.5) is 10.3 Å². The predicted molar refractivity (Wildman–Crippen MR) is 67.8 cm³/mol. The van der Waals surface area contributed by atoms with Crippen LogP contribution >= 0.6 is 0 Å². The van der Waals surface area contributed by atoms with Gasteiger partial charge in [0.15, 0.2) is 5.82 Å². The van der Waals surface area contributed by atoms with Crippen molar-refractivity contribution in [3.05, 3.63) is 24.0 Å². The Morgan fingerprint density at radius 2 is 2.39 bits per heavy atom. The summed E-state index contributed by atoms with van der Waals surface area (Å²) in [4.78, 5) is 4.12. The summed E-state index contributed by atoms with van der Waals surface area (Å²) >= 11 is 0. The first-order valence-corrected chi connectivity index (χ1v) is 6.22. The molecule has 2 heterocycles. The number of nitrogens with two attached hydrogens (primary N) is 1. The number of halogens is 1. The van der Waals surface area contributed by atoms with Crippen LogP contribution in [0.3, 0.4) is 0 Å². The zero-order valence-corrected chi connectivity index (χ0v) is 10.3. The summed E-state index contributed by atoms with van der Waals surface area (Å²) in [5.74, 6) is 0.00981. The minimum Gasteiger partial charge on any atom is -0.376 e. The molecule has 1 aromatic heterocycles. The predicted octanol–water partition coefficient (Wildman–Crippen LogP) is 2.50. The summed E-state index contributed by atoms with van der Waals surface area (Å²) in [5, 5.41) is 0. The smallest absolute Gasteiger partial charge is 0.201 e. The van der Waals surface area contributed by atoms with E-state index in [1.165, 1.54) is 6.07 Å². The van der Waals surface area contributed by atoms with Gasteiger partial charge in [0.1, 0.15) is 5.52 Å². The molecule has 1 aromatic carbocycles. The number of aromatic nitrogens is 2. The van der Waals surface area contributed by atoms with Gasteiger partial charge in [-0.15, -0.1) is 0 Å². The second kappa shape index (κ2) is 4.24. The van der Waals surface area contributed by atoms with Crippen LogP contribution < -0.4 is 5.73 Å². The van der Waals surface area contributed by atoms with Crippen LogP contribution in [0.25, 0.3) is 11.0 Å². The maximum absolute atomic E-state index is 13.7. The fourth-order valence-corrected chi connectivity index (χ4v) is 2.68. The van der Waals surface area contributed by atoms with Crippen molar-refractivity contribution in [2.45, 2.75) is 31.9 Å². The van der Waals surface area contributed by atoms with E-state index in [1.54, 1.807) is 6.07 Å². The Morgan fingerprint density at radius 1 is 1.56 bits per heavy atom. The largest absolute Gasteiger partial charge is 0.376 e. The molecule has 0 bridgehead atoms. The zero-order chi connectivity index (χ0) is 12.7.